The van der Waals surface area contributed by atoms with Gasteiger partial charge in [0, 0.05) is 0 Å². The van der Waals surface area contributed by atoms with Crippen LogP contribution in [0.15, 0.2) is 11.2 Å². The molecule has 0 saturated heterocycles. The van der Waals surface area contributed by atoms with Crippen LogP contribution in [0, 0.1) is 0 Å². The first-order valence-corrected chi connectivity index (χ1v) is 2.49. The number of hydrogen-bond donors (Lipinski definition) is 2. The first-order chi connectivity index (χ1) is 4.20. The topological polar surface area (TPSA) is 68.0 Å². The summed E-state index contributed by atoms with van der Waals surface area (Å²) >= 11 is 3.74. The molecule has 0 unspecified atom stereocenters. The van der Waals surface area contributed by atoms with E-state index in [-0.39, 0.29) is 5.03 Å². The molecule has 9 heavy (non-hydrogen) atoms. The summed E-state index contributed by atoms with van der Waals surface area (Å²) < 4.78 is 0.683. The lowest BCUT2D eigenvalue weighted by Crippen LogP contribution is -2.07. The molecule has 1 heterocycles. The maximum absolute atomic E-state index is 10.0. The minimum Gasteiger partial charge on any atom is -0.463 e. The molecule has 1 N–H and O–H groups in total. The summed E-state index contributed by atoms with van der Waals surface area (Å²) in [5, 5.41) is 15.1. The molecule has 1 rings (SSSR count). The van der Waals surface area contributed by atoms with Crippen LogP contribution in [-0.2, 0) is 0 Å². The van der Waals surface area contributed by atoms with Gasteiger partial charge >= 0.3 is 6.09 Å². The van der Waals surface area contributed by atoms with Crippen LogP contribution in [0.1, 0.15) is 0 Å². The van der Waals surface area contributed by atoms with Crippen LogP contribution >= 0.6 is 12.6 Å². The summed E-state index contributed by atoms with van der Waals surface area (Å²) in [4.78, 5) is 10.0. The van der Waals surface area contributed by atoms with Gasteiger partial charge in [-0.15, -0.1) is 17.7 Å². The highest BCUT2D eigenvalue weighted by Gasteiger charge is 2.01. The zero-order valence-electron chi connectivity index (χ0n) is 4.22. The third-order valence-corrected chi connectivity index (χ3v) is 0.882. The molecule has 0 aliphatic rings. The van der Waals surface area contributed by atoms with E-state index in [1.54, 1.807) is 0 Å². The van der Waals surface area contributed by atoms with Crippen LogP contribution < -0.4 is 0 Å². The quantitative estimate of drug-likeness (QED) is 0.508. The number of aromatic nitrogens is 3. The van der Waals surface area contributed by atoms with Crippen LogP contribution in [0.2, 0.25) is 0 Å². The van der Waals surface area contributed by atoms with Gasteiger partial charge in [-0.05, 0) is 0 Å². The molecule has 0 radical (unpaired) electrons. The molecule has 6 heteroatoms. The Labute approximate surface area is 55.7 Å². The molecule has 48 valence electrons. The summed E-state index contributed by atoms with van der Waals surface area (Å²) in [6.45, 7) is 0. The van der Waals surface area contributed by atoms with Crippen LogP contribution in [0.3, 0.4) is 0 Å². The molecule has 0 amide bonds. The zero-order chi connectivity index (χ0) is 6.85. The molecule has 0 aromatic carbocycles. The average molecular weight is 145 g/mol. The molecule has 0 atom stereocenters. The van der Waals surface area contributed by atoms with E-state index in [0.29, 0.717) is 4.68 Å². The lowest BCUT2D eigenvalue weighted by molar-refractivity contribution is 0.192. The second-order valence-corrected chi connectivity index (χ2v) is 1.76. The Hall–Kier alpha value is -1.04. The van der Waals surface area contributed by atoms with E-state index in [2.05, 4.69) is 22.9 Å². The number of thiol groups is 1. The van der Waals surface area contributed by atoms with Crippen molar-refractivity contribution in [1.29, 1.82) is 0 Å². The third-order valence-electron chi connectivity index (χ3n) is 0.677. The maximum Gasteiger partial charge on any atom is 0.433 e. The lowest BCUT2D eigenvalue weighted by atomic mass is 10.9. The van der Waals surface area contributed by atoms with Crippen LogP contribution in [-0.4, -0.2) is 26.2 Å². The number of carbonyl (C=O) groups is 1. The maximum atomic E-state index is 10.0. The van der Waals surface area contributed by atoms with Crippen molar-refractivity contribution >= 4 is 18.7 Å². The molecule has 0 aliphatic heterocycles. The summed E-state index contributed by atoms with van der Waals surface area (Å²) in [6, 6.07) is 0. The normalized spacial score (nSPS) is 9.44. The fourth-order valence-electron chi connectivity index (χ4n) is 0.348. The minimum atomic E-state index is -1.16. The van der Waals surface area contributed by atoms with Crippen molar-refractivity contribution in [1.82, 2.24) is 15.0 Å². The summed E-state index contributed by atoms with van der Waals surface area (Å²) in [5.74, 6) is 0. The molecule has 0 spiro atoms. The van der Waals surface area contributed by atoms with E-state index in [1.807, 2.05) is 0 Å². The van der Waals surface area contributed by atoms with Crippen molar-refractivity contribution in [2.75, 3.05) is 0 Å². The summed E-state index contributed by atoms with van der Waals surface area (Å²) in [6.07, 6.45) is 0.0358. The Bertz CT molecular complexity index is 233. The first kappa shape index (κ1) is 6.09. The van der Waals surface area contributed by atoms with Crippen LogP contribution in [0.25, 0.3) is 0 Å². The highest BCUT2D eigenvalue weighted by molar-refractivity contribution is 7.80. The molecule has 0 fully saturated rings. The molecule has 0 aliphatic carbocycles. The van der Waals surface area contributed by atoms with Gasteiger partial charge in [0.25, 0.3) is 0 Å². The van der Waals surface area contributed by atoms with E-state index < -0.39 is 6.09 Å². The predicted octanol–water partition coefficient (Wildman–Crippen LogP) is 0.0929. The Morgan fingerprint density at radius 1 is 1.89 bits per heavy atom. The zero-order valence-corrected chi connectivity index (χ0v) is 5.12. The largest absolute Gasteiger partial charge is 0.463 e. The van der Waals surface area contributed by atoms with Crippen molar-refractivity contribution in [3.05, 3.63) is 6.20 Å². The SMILES string of the molecule is O=C(O)n1cc(S)nn1. The highest BCUT2D eigenvalue weighted by Crippen LogP contribution is 1.95. The average Bonchev–Trinajstić information content (AvgIpc) is 2.14. The van der Waals surface area contributed by atoms with Crippen molar-refractivity contribution in [3.63, 3.8) is 0 Å². The molecule has 1 aromatic rings. The predicted molar refractivity (Wildman–Crippen MR) is 30.7 cm³/mol. The minimum absolute atomic E-state index is 0.289. The Morgan fingerprint density at radius 3 is 2.78 bits per heavy atom. The van der Waals surface area contributed by atoms with Gasteiger partial charge in [0.05, 0.1) is 6.20 Å². The Kier molecular flexibility index (Phi) is 1.39. The van der Waals surface area contributed by atoms with Gasteiger partial charge in [-0.2, -0.15) is 4.68 Å². The number of carboxylic acid groups (broad SMARTS) is 1. The summed E-state index contributed by atoms with van der Waals surface area (Å²) in [7, 11) is 0. The Morgan fingerprint density at radius 2 is 2.56 bits per heavy atom. The van der Waals surface area contributed by atoms with Gasteiger partial charge < -0.3 is 5.11 Å². The van der Waals surface area contributed by atoms with Gasteiger partial charge in [-0.3, -0.25) is 0 Å². The smallest absolute Gasteiger partial charge is 0.433 e. The van der Waals surface area contributed by atoms with Crippen molar-refractivity contribution < 1.29 is 9.90 Å². The number of nitrogens with zero attached hydrogens (tertiary/aromatic N) is 3. The monoisotopic (exact) mass is 145 g/mol. The summed E-state index contributed by atoms with van der Waals surface area (Å²) in [5.41, 5.74) is 0. The number of rotatable bonds is 0. The lowest BCUT2D eigenvalue weighted by Gasteiger charge is -1.83. The molecule has 5 nitrogen and oxygen atoms in total. The number of hydrogen-bond acceptors (Lipinski definition) is 4. The van der Waals surface area contributed by atoms with E-state index in [1.165, 1.54) is 6.20 Å². The van der Waals surface area contributed by atoms with Gasteiger partial charge in [-0.1, -0.05) is 5.21 Å². The first-order valence-electron chi connectivity index (χ1n) is 2.05. The van der Waals surface area contributed by atoms with E-state index in [4.69, 9.17) is 5.11 Å². The fraction of sp³-hybridized carbons (Fsp3) is 0. The van der Waals surface area contributed by atoms with Crippen molar-refractivity contribution in [2.24, 2.45) is 0 Å². The van der Waals surface area contributed by atoms with E-state index in [9.17, 15) is 4.79 Å². The second kappa shape index (κ2) is 2.06. The molecule has 1 aromatic heterocycles. The molecule has 0 bridgehead atoms. The fourth-order valence-corrected chi connectivity index (χ4v) is 0.498. The van der Waals surface area contributed by atoms with Crippen LogP contribution in [0.5, 0.6) is 0 Å². The standard InChI is InChI=1S/C3H3N3O2S/c7-3(8)6-1-2(9)4-5-6/h1,9H,(H,7,8). The van der Waals surface area contributed by atoms with Crippen LogP contribution in [0.4, 0.5) is 4.79 Å². The van der Waals surface area contributed by atoms with E-state index in [0.717, 1.165) is 0 Å². The van der Waals surface area contributed by atoms with E-state index >= 15 is 0 Å². The van der Waals surface area contributed by atoms with Gasteiger partial charge in [0.2, 0.25) is 0 Å². The highest BCUT2D eigenvalue weighted by atomic mass is 32.1. The van der Waals surface area contributed by atoms with Gasteiger partial charge in [0.1, 0.15) is 5.03 Å². The third kappa shape index (κ3) is 1.20. The molecular weight excluding hydrogens is 142 g/mol. The molecule has 0 saturated carbocycles. The van der Waals surface area contributed by atoms with Crippen molar-refractivity contribution in [2.45, 2.75) is 5.03 Å². The van der Waals surface area contributed by atoms with Gasteiger partial charge in [-0.25, -0.2) is 4.79 Å². The molecular formula is C3H3N3O2S. The van der Waals surface area contributed by atoms with Crippen molar-refractivity contribution in [3.8, 4) is 0 Å². The second-order valence-electron chi connectivity index (χ2n) is 1.30. The van der Waals surface area contributed by atoms with Gasteiger partial charge in [0.15, 0.2) is 0 Å². The Balaban J connectivity index is 2.98.